The highest BCUT2D eigenvalue weighted by molar-refractivity contribution is 7.80. The molecule has 1 aliphatic heterocycles. The molecule has 1 saturated carbocycles. The zero-order valence-electron chi connectivity index (χ0n) is 12.0. The van der Waals surface area contributed by atoms with Gasteiger partial charge in [-0.2, -0.15) is 0 Å². The van der Waals surface area contributed by atoms with E-state index >= 15 is 0 Å². The Bertz CT molecular complexity index is 324. The molecule has 0 aromatic rings. The normalized spacial score (nSPS) is 41.9. The number of hydrogen-bond acceptors (Lipinski definition) is 1. The highest BCUT2D eigenvalue weighted by atomic mass is 32.1. The van der Waals surface area contributed by atoms with E-state index in [-0.39, 0.29) is 0 Å². The SMILES string of the molecule is BC1(C)CC2CC(=S)N(C)C2CCCC1(C)C. The molecule has 2 aliphatic rings. The van der Waals surface area contributed by atoms with Crippen LogP contribution in [-0.2, 0) is 0 Å². The van der Waals surface area contributed by atoms with Crippen LogP contribution in [0.2, 0.25) is 5.31 Å². The van der Waals surface area contributed by atoms with E-state index in [1.807, 2.05) is 0 Å². The molecule has 2 fully saturated rings. The number of thiocarbonyl (C=S) groups is 1. The summed E-state index contributed by atoms with van der Waals surface area (Å²) >= 11 is 5.50. The fraction of sp³-hybridized carbons (Fsp3) is 0.929. The average Bonchev–Trinajstić information content (AvgIpc) is 2.43. The van der Waals surface area contributed by atoms with Crippen LogP contribution in [0.4, 0.5) is 0 Å². The highest BCUT2D eigenvalue weighted by Gasteiger charge is 2.45. The van der Waals surface area contributed by atoms with Crippen molar-refractivity contribution >= 4 is 25.1 Å². The van der Waals surface area contributed by atoms with Gasteiger partial charge < -0.3 is 4.90 Å². The van der Waals surface area contributed by atoms with Crippen molar-refractivity contribution in [3.8, 4) is 0 Å². The quantitative estimate of drug-likeness (QED) is 0.481. The van der Waals surface area contributed by atoms with Gasteiger partial charge in [0.15, 0.2) is 0 Å². The molecule has 0 radical (unpaired) electrons. The van der Waals surface area contributed by atoms with Crippen molar-refractivity contribution in [2.24, 2.45) is 11.3 Å². The van der Waals surface area contributed by atoms with Gasteiger partial charge in [-0.25, -0.2) is 0 Å². The van der Waals surface area contributed by atoms with Crippen LogP contribution in [0.3, 0.4) is 0 Å². The van der Waals surface area contributed by atoms with Gasteiger partial charge in [0.05, 0.1) is 4.99 Å². The molecule has 3 heteroatoms. The Morgan fingerprint density at radius 2 is 2.00 bits per heavy atom. The molecule has 3 unspecified atom stereocenters. The molecule has 3 atom stereocenters. The van der Waals surface area contributed by atoms with E-state index in [9.17, 15) is 0 Å². The minimum absolute atomic E-state index is 0.428. The third-order valence-corrected chi connectivity index (χ3v) is 6.23. The van der Waals surface area contributed by atoms with Crippen molar-refractivity contribution in [3.63, 3.8) is 0 Å². The van der Waals surface area contributed by atoms with Crippen molar-refractivity contribution in [2.45, 2.75) is 64.2 Å². The first-order valence-electron chi connectivity index (χ1n) is 7.00. The lowest BCUT2D eigenvalue weighted by Crippen LogP contribution is -2.38. The smallest absolute Gasteiger partial charge is 0.109 e. The lowest BCUT2D eigenvalue weighted by molar-refractivity contribution is 0.138. The zero-order chi connectivity index (χ0) is 12.8. The van der Waals surface area contributed by atoms with Crippen molar-refractivity contribution in [2.75, 3.05) is 7.05 Å². The number of rotatable bonds is 0. The second-order valence-corrected chi connectivity index (χ2v) is 7.87. The second kappa shape index (κ2) is 4.26. The molecule has 0 bridgehead atoms. The molecule has 0 amide bonds. The number of fused-ring (bicyclic) bond motifs is 1. The highest BCUT2D eigenvalue weighted by Crippen LogP contribution is 2.54. The summed E-state index contributed by atoms with van der Waals surface area (Å²) in [4.78, 5) is 3.57. The van der Waals surface area contributed by atoms with Gasteiger partial charge in [0, 0.05) is 19.5 Å². The summed E-state index contributed by atoms with van der Waals surface area (Å²) in [5.74, 6) is 0.794. The predicted molar refractivity (Wildman–Crippen MR) is 81.4 cm³/mol. The van der Waals surface area contributed by atoms with Gasteiger partial charge in [0.25, 0.3) is 0 Å². The molecule has 96 valence electrons. The van der Waals surface area contributed by atoms with Crippen LogP contribution < -0.4 is 0 Å². The third kappa shape index (κ3) is 2.28. The van der Waals surface area contributed by atoms with Crippen LogP contribution in [0.5, 0.6) is 0 Å². The average molecular weight is 251 g/mol. The summed E-state index contributed by atoms with van der Waals surface area (Å²) in [5.41, 5.74) is 0.459. The third-order valence-electron chi connectivity index (χ3n) is 5.78. The molecule has 1 heterocycles. The van der Waals surface area contributed by atoms with Gasteiger partial charge in [-0.15, -0.1) is 0 Å². The van der Waals surface area contributed by atoms with Gasteiger partial charge in [0.1, 0.15) is 7.85 Å². The Balaban J connectivity index is 2.22. The molecule has 1 aliphatic carbocycles. The van der Waals surface area contributed by atoms with Crippen LogP contribution in [-0.4, -0.2) is 30.8 Å². The molecular weight excluding hydrogens is 225 g/mol. The van der Waals surface area contributed by atoms with Gasteiger partial charge in [-0.05, 0) is 30.6 Å². The topological polar surface area (TPSA) is 3.24 Å². The predicted octanol–water partition coefficient (Wildman–Crippen LogP) is 3.05. The molecule has 1 saturated heterocycles. The van der Waals surface area contributed by atoms with Gasteiger partial charge in [-0.3, -0.25) is 0 Å². The summed E-state index contributed by atoms with van der Waals surface area (Å²) in [7, 11) is 4.66. The maximum Gasteiger partial charge on any atom is 0.109 e. The molecular formula is C14H26BNS. The van der Waals surface area contributed by atoms with E-state index in [4.69, 9.17) is 12.2 Å². The molecule has 1 nitrogen and oxygen atoms in total. The van der Waals surface area contributed by atoms with Crippen LogP contribution >= 0.6 is 12.2 Å². The maximum atomic E-state index is 5.50. The van der Waals surface area contributed by atoms with Crippen LogP contribution in [0, 0.1) is 11.3 Å². The summed E-state index contributed by atoms with van der Waals surface area (Å²) in [6.45, 7) is 7.35. The second-order valence-electron chi connectivity index (χ2n) is 7.40. The van der Waals surface area contributed by atoms with Crippen LogP contribution in [0.25, 0.3) is 0 Å². The fourth-order valence-electron chi connectivity index (χ4n) is 3.67. The Hall–Kier alpha value is -0.0451. The Kier molecular flexibility index (Phi) is 3.35. The van der Waals surface area contributed by atoms with E-state index in [0.717, 1.165) is 18.4 Å². The minimum Gasteiger partial charge on any atom is -0.366 e. The molecule has 0 aromatic heterocycles. The Morgan fingerprint density at radius 1 is 1.35 bits per heavy atom. The Morgan fingerprint density at radius 3 is 2.65 bits per heavy atom. The molecule has 0 N–H and O–H groups in total. The van der Waals surface area contributed by atoms with E-state index in [0.29, 0.717) is 10.7 Å². The molecule has 0 spiro atoms. The summed E-state index contributed by atoms with van der Waals surface area (Å²) in [6.07, 6.45) is 6.51. The van der Waals surface area contributed by atoms with Crippen LogP contribution in [0.15, 0.2) is 0 Å². The van der Waals surface area contributed by atoms with E-state index in [1.165, 1.54) is 30.7 Å². The fourth-order valence-corrected chi connectivity index (χ4v) is 4.02. The van der Waals surface area contributed by atoms with Crippen molar-refractivity contribution in [3.05, 3.63) is 0 Å². The van der Waals surface area contributed by atoms with Gasteiger partial charge >= 0.3 is 0 Å². The van der Waals surface area contributed by atoms with Gasteiger partial charge in [-0.1, -0.05) is 44.7 Å². The summed E-state index contributed by atoms with van der Waals surface area (Å²) in [5, 5.41) is 0.428. The first-order chi connectivity index (χ1) is 7.74. The lowest BCUT2D eigenvalue weighted by atomic mass is 9.49. The first kappa shape index (κ1) is 13.4. The molecule has 17 heavy (non-hydrogen) atoms. The number of likely N-dealkylation sites (tertiary alicyclic amines) is 1. The standard InChI is InChI=1S/C14H26BNS/c1-13(2)7-5-6-11-10(9-14(13,3)15)8-12(17)16(11)4/h10-11H,5-9,15H2,1-4H3. The first-order valence-corrected chi connectivity index (χ1v) is 7.41. The maximum absolute atomic E-state index is 5.50. The Labute approximate surface area is 113 Å². The lowest BCUT2D eigenvalue weighted by Gasteiger charge is -2.47. The van der Waals surface area contributed by atoms with E-state index in [2.05, 4.69) is 40.6 Å². The van der Waals surface area contributed by atoms with Crippen molar-refractivity contribution in [1.82, 2.24) is 4.90 Å². The van der Waals surface area contributed by atoms with Crippen molar-refractivity contribution in [1.29, 1.82) is 0 Å². The summed E-state index contributed by atoms with van der Waals surface area (Å²) in [6, 6.07) is 0.720. The summed E-state index contributed by atoms with van der Waals surface area (Å²) < 4.78 is 0. The van der Waals surface area contributed by atoms with Crippen LogP contribution in [0.1, 0.15) is 52.9 Å². The van der Waals surface area contributed by atoms with Crippen molar-refractivity contribution < 1.29 is 0 Å². The largest absolute Gasteiger partial charge is 0.366 e. The number of hydrogen-bond donors (Lipinski definition) is 0. The molecule has 0 aromatic carbocycles. The van der Waals surface area contributed by atoms with E-state index < -0.39 is 0 Å². The molecule has 2 rings (SSSR count). The van der Waals surface area contributed by atoms with E-state index in [1.54, 1.807) is 0 Å². The minimum atomic E-state index is 0.428. The number of nitrogens with zero attached hydrogens (tertiary/aromatic N) is 1. The van der Waals surface area contributed by atoms with Gasteiger partial charge in [0.2, 0.25) is 0 Å². The monoisotopic (exact) mass is 251 g/mol. The zero-order valence-corrected chi connectivity index (χ0v) is 12.9.